The highest BCUT2D eigenvalue weighted by atomic mass is 35.5. The molecule has 3 aromatic rings. The maximum Gasteiger partial charge on any atom is 0.233 e. The largest absolute Gasteiger partial charge is 0.357 e. The number of carbonyl (C=O) groups is 2. The van der Waals surface area contributed by atoms with Crippen LogP contribution >= 0.6 is 11.6 Å². The van der Waals surface area contributed by atoms with Gasteiger partial charge in [0.25, 0.3) is 0 Å². The van der Waals surface area contributed by atoms with Gasteiger partial charge in [-0.3, -0.25) is 14.5 Å². The highest BCUT2D eigenvalue weighted by Crippen LogP contribution is 2.33. The molecule has 8 heteroatoms. The molecule has 2 aromatic carbocycles. The van der Waals surface area contributed by atoms with Crippen molar-refractivity contribution >= 4 is 46.1 Å². The van der Waals surface area contributed by atoms with Crippen molar-refractivity contribution in [2.24, 2.45) is 5.92 Å². The first-order chi connectivity index (χ1) is 15.5. The first-order valence-corrected chi connectivity index (χ1v) is 11.2. The van der Waals surface area contributed by atoms with Crippen LogP contribution in [0.1, 0.15) is 18.4 Å². The number of halogens is 1. The number of hydrogen-bond donors (Lipinski definition) is 0. The van der Waals surface area contributed by atoms with Crippen molar-refractivity contribution in [2.45, 2.75) is 19.4 Å². The summed E-state index contributed by atoms with van der Waals surface area (Å²) >= 11 is 6.27. The zero-order valence-corrected chi connectivity index (χ0v) is 18.6. The minimum atomic E-state index is -0.408. The van der Waals surface area contributed by atoms with Crippen molar-refractivity contribution in [3.8, 4) is 0 Å². The number of rotatable bonds is 3. The summed E-state index contributed by atoms with van der Waals surface area (Å²) in [4.78, 5) is 41.4. The van der Waals surface area contributed by atoms with Crippen molar-refractivity contribution in [2.75, 3.05) is 36.5 Å². The van der Waals surface area contributed by atoms with Crippen LogP contribution in [0.5, 0.6) is 0 Å². The van der Waals surface area contributed by atoms with Gasteiger partial charge in [0.1, 0.15) is 0 Å². The third kappa shape index (κ3) is 3.77. The third-order valence-corrected chi connectivity index (χ3v) is 6.54. The number of hydrogen-bond acceptors (Lipinski definition) is 5. The second-order valence-electron chi connectivity index (χ2n) is 8.39. The van der Waals surface area contributed by atoms with Gasteiger partial charge in [-0.1, -0.05) is 41.9 Å². The molecular weight excluding hydrogens is 426 g/mol. The summed E-state index contributed by atoms with van der Waals surface area (Å²) < 4.78 is 0. The summed E-state index contributed by atoms with van der Waals surface area (Å²) in [5, 5.41) is 0.627. The molecule has 1 aromatic heterocycles. The van der Waals surface area contributed by atoms with Gasteiger partial charge in [0, 0.05) is 44.7 Å². The maximum atomic E-state index is 13.6. The van der Waals surface area contributed by atoms with E-state index in [2.05, 4.69) is 0 Å². The summed E-state index contributed by atoms with van der Waals surface area (Å²) in [6, 6.07) is 15.2. The first-order valence-electron chi connectivity index (χ1n) is 10.8. The van der Waals surface area contributed by atoms with E-state index in [1.807, 2.05) is 60.5 Å². The first kappa shape index (κ1) is 20.7. The van der Waals surface area contributed by atoms with Crippen LogP contribution in [-0.2, 0) is 16.1 Å². The monoisotopic (exact) mass is 449 g/mol. The average molecular weight is 450 g/mol. The fourth-order valence-corrected chi connectivity index (χ4v) is 4.65. The van der Waals surface area contributed by atoms with Crippen molar-refractivity contribution in [3.05, 3.63) is 59.1 Å². The van der Waals surface area contributed by atoms with Crippen molar-refractivity contribution in [1.29, 1.82) is 0 Å². The summed E-state index contributed by atoms with van der Waals surface area (Å²) in [6.07, 6.45) is 1.01. The van der Waals surface area contributed by atoms with Gasteiger partial charge in [-0.25, -0.2) is 9.97 Å². The number of nitrogens with zero attached hydrogens (tertiary/aromatic N) is 5. The number of fused-ring (bicyclic) bond motifs is 2. The van der Waals surface area contributed by atoms with Gasteiger partial charge in [0.05, 0.1) is 17.0 Å². The fraction of sp³-hybridized carbons (Fsp3) is 0.333. The highest BCUT2D eigenvalue weighted by Gasteiger charge is 2.39. The minimum Gasteiger partial charge on any atom is -0.357 e. The Hall–Kier alpha value is -3.19. The molecule has 0 saturated carbocycles. The Kier molecular flexibility index (Phi) is 5.43. The van der Waals surface area contributed by atoms with Gasteiger partial charge < -0.3 is 9.80 Å². The van der Waals surface area contributed by atoms with E-state index in [9.17, 15) is 9.59 Å². The number of carbonyl (C=O) groups excluding carboxylic acids is 2. The van der Waals surface area contributed by atoms with Crippen molar-refractivity contribution in [1.82, 2.24) is 14.9 Å². The van der Waals surface area contributed by atoms with E-state index in [0.29, 0.717) is 36.3 Å². The van der Waals surface area contributed by atoms with E-state index in [1.54, 1.807) is 9.80 Å². The minimum absolute atomic E-state index is 0.0278. The third-order valence-electron chi connectivity index (χ3n) is 6.18. The Morgan fingerprint density at radius 1 is 1.03 bits per heavy atom. The van der Waals surface area contributed by atoms with Crippen LogP contribution in [0.2, 0.25) is 5.02 Å². The van der Waals surface area contributed by atoms with E-state index < -0.39 is 5.92 Å². The quantitative estimate of drug-likeness (QED) is 0.612. The van der Waals surface area contributed by atoms with Gasteiger partial charge in [-0.15, -0.1) is 0 Å². The predicted molar refractivity (Wildman–Crippen MR) is 125 cm³/mol. The summed E-state index contributed by atoms with van der Waals surface area (Å²) in [7, 11) is 1.97. The Bertz CT molecular complexity index is 1200. The molecule has 3 heterocycles. The lowest BCUT2D eigenvalue weighted by Crippen LogP contribution is -2.38. The molecule has 2 aliphatic rings. The molecule has 0 aliphatic carbocycles. The van der Waals surface area contributed by atoms with Crippen LogP contribution in [0.4, 0.5) is 11.6 Å². The van der Waals surface area contributed by atoms with Crippen LogP contribution in [0, 0.1) is 5.92 Å². The van der Waals surface area contributed by atoms with Crippen LogP contribution in [0.3, 0.4) is 0 Å². The zero-order chi connectivity index (χ0) is 22.2. The lowest BCUT2D eigenvalue weighted by Gasteiger charge is -2.25. The summed E-state index contributed by atoms with van der Waals surface area (Å²) in [5.41, 5.74) is 2.44. The topological polar surface area (TPSA) is 69.6 Å². The number of amides is 2. The Morgan fingerprint density at radius 2 is 1.72 bits per heavy atom. The molecule has 32 heavy (non-hydrogen) atoms. The fourth-order valence-electron chi connectivity index (χ4n) is 4.45. The average Bonchev–Trinajstić information content (AvgIpc) is 3.08. The van der Waals surface area contributed by atoms with E-state index in [4.69, 9.17) is 21.6 Å². The molecular formula is C24H24ClN5O2. The molecule has 0 N–H and O–H groups in total. The van der Waals surface area contributed by atoms with E-state index >= 15 is 0 Å². The van der Waals surface area contributed by atoms with Gasteiger partial charge in [-0.05, 0) is 30.2 Å². The lowest BCUT2D eigenvalue weighted by atomic mass is 10.1. The van der Waals surface area contributed by atoms with Crippen molar-refractivity contribution in [3.63, 3.8) is 0 Å². The standard InChI is InChI=1S/C24H24ClN5O2/c1-28-11-6-12-30(23-22(28)26-19-9-4-5-10-20(19)27-23)24(32)17-13-21(31)29(15-17)14-16-7-2-3-8-18(16)25/h2-5,7-10,17H,6,11-15H2,1H3. The molecule has 0 spiro atoms. The molecule has 0 radical (unpaired) electrons. The van der Waals surface area contributed by atoms with E-state index in [0.717, 1.165) is 29.6 Å². The molecule has 1 atom stereocenters. The molecule has 1 unspecified atom stereocenters. The van der Waals surface area contributed by atoms with Gasteiger partial charge in [-0.2, -0.15) is 0 Å². The number of likely N-dealkylation sites (tertiary alicyclic amines) is 1. The molecule has 5 rings (SSSR count). The van der Waals surface area contributed by atoms with E-state index in [1.165, 1.54) is 0 Å². The molecule has 0 bridgehead atoms. The van der Waals surface area contributed by atoms with Crippen LogP contribution in [0.15, 0.2) is 48.5 Å². The van der Waals surface area contributed by atoms with Crippen LogP contribution < -0.4 is 9.80 Å². The van der Waals surface area contributed by atoms with E-state index in [-0.39, 0.29) is 18.2 Å². The maximum absolute atomic E-state index is 13.6. The number of benzene rings is 2. The van der Waals surface area contributed by atoms with Gasteiger partial charge in [0.15, 0.2) is 11.6 Å². The number of anilines is 2. The number of para-hydroxylation sites is 2. The SMILES string of the molecule is CN1CCCN(C(=O)C2CC(=O)N(Cc3ccccc3Cl)C2)c2nc3ccccc3nc21. The second-order valence-corrected chi connectivity index (χ2v) is 8.80. The number of aromatic nitrogens is 2. The Balaban J connectivity index is 1.42. The zero-order valence-electron chi connectivity index (χ0n) is 17.9. The van der Waals surface area contributed by atoms with Crippen molar-refractivity contribution < 1.29 is 9.59 Å². The molecule has 1 saturated heterocycles. The van der Waals surface area contributed by atoms with Crippen LogP contribution in [-0.4, -0.2) is 53.4 Å². The lowest BCUT2D eigenvalue weighted by molar-refractivity contribution is -0.128. The van der Waals surface area contributed by atoms with Crippen LogP contribution in [0.25, 0.3) is 11.0 Å². The predicted octanol–water partition coefficient (Wildman–Crippen LogP) is 3.50. The second kappa shape index (κ2) is 8.39. The molecule has 2 aliphatic heterocycles. The molecule has 164 valence electrons. The molecule has 2 amide bonds. The van der Waals surface area contributed by atoms with Gasteiger partial charge in [0.2, 0.25) is 11.8 Å². The Morgan fingerprint density at radius 3 is 2.47 bits per heavy atom. The van der Waals surface area contributed by atoms with Gasteiger partial charge >= 0.3 is 0 Å². The molecule has 1 fully saturated rings. The summed E-state index contributed by atoms with van der Waals surface area (Å²) in [5.74, 6) is 0.771. The Labute approximate surface area is 191 Å². The molecule has 7 nitrogen and oxygen atoms in total. The smallest absolute Gasteiger partial charge is 0.233 e. The normalized spacial score (nSPS) is 18.8. The summed E-state index contributed by atoms with van der Waals surface area (Å²) in [6.45, 7) is 2.13. The highest BCUT2D eigenvalue weighted by molar-refractivity contribution is 6.31.